The van der Waals surface area contributed by atoms with Crippen molar-refractivity contribution in [1.82, 2.24) is 29.4 Å². The highest BCUT2D eigenvalue weighted by molar-refractivity contribution is 5.67. The summed E-state index contributed by atoms with van der Waals surface area (Å²) in [6.45, 7) is 0.434. The number of pyridine rings is 1. The van der Waals surface area contributed by atoms with Gasteiger partial charge in [-0.3, -0.25) is 9.67 Å². The minimum absolute atomic E-state index is 0.434. The molecule has 5 aromatic rings. The zero-order valence-corrected chi connectivity index (χ0v) is 15.8. The summed E-state index contributed by atoms with van der Waals surface area (Å²) in [5.74, 6) is 0.606. The van der Waals surface area contributed by atoms with Gasteiger partial charge in [-0.2, -0.15) is 5.10 Å². The van der Waals surface area contributed by atoms with Crippen LogP contribution in [0.3, 0.4) is 0 Å². The molecule has 0 bridgehead atoms. The van der Waals surface area contributed by atoms with Crippen LogP contribution in [-0.2, 0) is 13.7 Å². The lowest BCUT2D eigenvalue weighted by Crippen LogP contribution is -1.98. The molecule has 0 N–H and O–H groups in total. The highest BCUT2D eigenvalue weighted by Crippen LogP contribution is 2.28. The summed E-state index contributed by atoms with van der Waals surface area (Å²) in [4.78, 5) is 8.29. The minimum Gasteiger partial charge on any atom is -0.471 e. The summed E-state index contributed by atoms with van der Waals surface area (Å²) in [6, 6.07) is 16.0. The van der Waals surface area contributed by atoms with E-state index in [1.165, 1.54) is 0 Å². The monoisotopic (exact) mass is 382 g/mol. The molecule has 0 unspecified atom stereocenters. The van der Waals surface area contributed by atoms with Crippen molar-refractivity contribution < 1.29 is 4.74 Å². The van der Waals surface area contributed by atoms with E-state index in [-0.39, 0.29) is 0 Å². The molecule has 0 radical (unpaired) electrons. The fourth-order valence-corrected chi connectivity index (χ4v) is 3.20. The van der Waals surface area contributed by atoms with Crippen LogP contribution in [0.25, 0.3) is 28.0 Å². The van der Waals surface area contributed by atoms with Crippen molar-refractivity contribution in [2.24, 2.45) is 7.05 Å². The molecule has 5 rings (SSSR count). The Bertz CT molecular complexity index is 1260. The quantitative estimate of drug-likeness (QED) is 0.463. The molecule has 0 saturated heterocycles. The fraction of sp³-hybridized carbons (Fsp3) is 0.0909. The zero-order valence-electron chi connectivity index (χ0n) is 15.8. The number of ether oxygens (including phenoxy) is 1. The molecule has 0 aliphatic carbocycles. The molecule has 7 nitrogen and oxygen atoms in total. The first-order valence-corrected chi connectivity index (χ1v) is 9.23. The molecular weight excluding hydrogens is 364 g/mol. The van der Waals surface area contributed by atoms with E-state index in [9.17, 15) is 0 Å². The van der Waals surface area contributed by atoms with Crippen LogP contribution < -0.4 is 4.74 Å². The second-order valence-electron chi connectivity index (χ2n) is 6.69. The Hall–Kier alpha value is -4.00. The predicted octanol–water partition coefficient (Wildman–Crippen LogP) is 3.77. The lowest BCUT2D eigenvalue weighted by atomic mass is 10.1. The lowest BCUT2D eigenvalue weighted by Gasteiger charge is -2.07. The molecule has 0 saturated carbocycles. The van der Waals surface area contributed by atoms with Crippen LogP contribution in [0, 0.1) is 0 Å². The van der Waals surface area contributed by atoms with E-state index in [1.807, 2.05) is 68.0 Å². The maximum absolute atomic E-state index is 6.01. The van der Waals surface area contributed by atoms with Crippen molar-refractivity contribution in [3.63, 3.8) is 0 Å². The molecule has 4 aromatic heterocycles. The van der Waals surface area contributed by atoms with Gasteiger partial charge in [0.1, 0.15) is 6.61 Å². The van der Waals surface area contributed by atoms with Crippen LogP contribution in [0.4, 0.5) is 0 Å². The number of aryl methyl sites for hydroxylation is 1. The van der Waals surface area contributed by atoms with Crippen molar-refractivity contribution in [3.05, 3.63) is 85.1 Å². The van der Waals surface area contributed by atoms with Gasteiger partial charge in [0, 0.05) is 43.6 Å². The maximum atomic E-state index is 6.01. The summed E-state index contributed by atoms with van der Waals surface area (Å²) >= 11 is 0. The smallest absolute Gasteiger partial charge is 0.241 e. The van der Waals surface area contributed by atoms with E-state index in [4.69, 9.17) is 4.74 Å². The summed E-state index contributed by atoms with van der Waals surface area (Å²) in [7, 11) is 1.89. The number of benzene rings is 1. The van der Waals surface area contributed by atoms with E-state index >= 15 is 0 Å². The third-order valence-electron chi connectivity index (χ3n) is 4.67. The van der Waals surface area contributed by atoms with Gasteiger partial charge in [0.15, 0.2) is 5.65 Å². The third kappa shape index (κ3) is 3.45. The molecular formula is C22H18N6O. The largest absolute Gasteiger partial charge is 0.471 e. The average molecular weight is 382 g/mol. The van der Waals surface area contributed by atoms with Gasteiger partial charge in [0.25, 0.3) is 0 Å². The Balaban J connectivity index is 1.33. The van der Waals surface area contributed by atoms with Crippen molar-refractivity contribution in [2.75, 3.05) is 0 Å². The Kier molecular flexibility index (Phi) is 4.25. The summed E-state index contributed by atoms with van der Waals surface area (Å²) in [5.41, 5.74) is 5.80. The highest BCUT2D eigenvalue weighted by atomic mass is 16.5. The number of imidazole rings is 1. The van der Waals surface area contributed by atoms with Gasteiger partial charge in [-0.25, -0.2) is 9.50 Å². The molecule has 0 aliphatic heterocycles. The van der Waals surface area contributed by atoms with Crippen molar-refractivity contribution in [3.8, 4) is 28.3 Å². The molecule has 0 spiro atoms. The van der Waals surface area contributed by atoms with Crippen LogP contribution in [0.2, 0.25) is 0 Å². The normalized spacial score (nSPS) is 11.1. The topological polar surface area (TPSA) is 70.1 Å². The van der Waals surface area contributed by atoms with Gasteiger partial charge < -0.3 is 4.74 Å². The van der Waals surface area contributed by atoms with Gasteiger partial charge in [0.05, 0.1) is 11.3 Å². The first-order chi connectivity index (χ1) is 14.3. The lowest BCUT2D eigenvalue weighted by molar-refractivity contribution is 0.292. The van der Waals surface area contributed by atoms with Gasteiger partial charge >= 0.3 is 0 Å². The van der Waals surface area contributed by atoms with Gasteiger partial charge in [0.2, 0.25) is 5.88 Å². The molecule has 142 valence electrons. The van der Waals surface area contributed by atoms with Crippen molar-refractivity contribution >= 4 is 5.65 Å². The van der Waals surface area contributed by atoms with E-state index in [0.717, 1.165) is 33.6 Å². The average Bonchev–Trinajstić information content (AvgIpc) is 3.39. The molecule has 0 atom stereocenters. The summed E-state index contributed by atoms with van der Waals surface area (Å²) < 4.78 is 9.54. The van der Waals surface area contributed by atoms with Crippen LogP contribution in [0.5, 0.6) is 5.88 Å². The summed E-state index contributed by atoms with van der Waals surface area (Å²) in [5, 5.41) is 9.03. The predicted molar refractivity (Wildman–Crippen MR) is 109 cm³/mol. The van der Waals surface area contributed by atoms with Crippen molar-refractivity contribution in [2.45, 2.75) is 6.61 Å². The molecule has 0 fully saturated rings. The number of rotatable bonds is 5. The molecule has 4 heterocycles. The third-order valence-corrected chi connectivity index (χ3v) is 4.67. The first kappa shape index (κ1) is 17.1. The molecule has 1 aromatic carbocycles. The first-order valence-electron chi connectivity index (χ1n) is 9.23. The van der Waals surface area contributed by atoms with Crippen LogP contribution in [0.15, 0.2) is 79.5 Å². The van der Waals surface area contributed by atoms with Gasteiger partial charge in [-0.1, -0.05) is 24.3 Å². The Morgan fingerprint density at radius 3 is 2.52 bits per heavy atom. The van der Waals surface area contributed by atoms with E-state index < -0.39 is 0 Å². The highest BCUT2D eigenvalue weighted by Gasteiger charge is 2.11. The number of aromatic nitrogens is 6. The zero-order chi connectivity index (χ0) is 19.6. The van der Waals surface area contributed by atoms with Gasteiger partial charge in [-0.05, 0) is 35.4 Å². The second kappa shape index (κ2) is 7.20. The molecule has 0 amide bonds. The van der Waals surface area contributed by atoms with E-state index in [1.54, 1.807) is 27.8 Å². The van der Waals surface area contributed by atoms with Crippen LogP contribution >= 0.6 is 0 Å². The second-order valence-corrected chi connectivity index (χ2v) is 6.69. The Labute approximate surface area is 167 Å². The number of hydrogen-bond donors (Lipinski definition) is 0. The maximum Gasteiger partial charge on any atom is 0.241 e. The van der Waals surface area contributed by atoms with Crippen LogP contribution in [0.1, 0.15) is 5.56 Å². The van der Waals surface area contributed by atoms with E-state index in [0.29, 0.717) is 12.5 Å². The summed E-state index contributed by atoms with van der Waals surface area (Å²) in [6.07, 6.45) is 9.06. The Morgan fingerprint density at radius 2 is 1.69 bits per heavy atom. The standard InChI is InChI=1S/C22H18N6O/c1-27-14-19(17-8-10-23-11-9-17)22(26-27)29-15-16-2-4-18(5-3-16)20-6-7-21-24-12-13-28(21)25-20/h2-14H,15H2,1H3. The fourth-order valence-electron chi connectivity index (χ4n) is 3.20. The Morgan fingerprint density at radius 1 is 0.862 bits per heavy atom. The molecule has 7 heteroatoms. The van der Waals surface area contributed by atoms with Gasteiger partial charge in [-0.15, -0.1) is 5.10 Å². The van der Waals surface area contributed by atoms with Crippen molar-refractivity contribution in [1.29, 1.82) is 0 Å². The minimum atomic E-state index is 0.434. The number of nitrogens with zero attached hydrogens (tertiary/aromatic N) is 6. The van der Waals surface area contributed by atoms with E-state index in [2.05, 4.69) is 20.2 Å². The molecule has 29 heavy (non-hydrogen) atoms. The number of fused-ring (bicyclic) bond motifs is 1. The molecule has 0 aliphatic rings. The number of hydrogen-bond acceptors (Lipinski definition) is 5. The SMILES string of the molecule is Cn1cc(-c2ccncc2)c(OCc2ccc(-c3ccc4nccn4n3)cc2)n1. The van der Waals surface area contributed by atoms with Crippen LogP contribution in [-0.4, -0.2) is 29.4 Å².